The molecule has 2 aromatic heterocycles. The van der Waals surface area contributed by atoms with Gasteiger partial charge in [-0.3, -0.25) is 18.1 Å². The molecule has 0 unspecified atom stereocenters. The fourth-order valence-corrected chi connectivity index (χ4v) is 6.48. The first-order valence-corrected chi connectivity index (χ1v) is 17.6. The van der Waals surface area contributed by atoms with Gasteiger partial charge in [0.05, 0.1) is 32.3 Å². The monoisotopic (exact) mass is 595 g/mol. The van der Waals surface area contributed by atoms with Gasteiger partial charge < -0.3 is 10.5 Å². The van der Waals surface area contributed by atoms with E-state index in [1.165, 1.54) is 83.4 Å². The van der Waals surface area contributed by atoms with Crippen LogP contribution in [0, 0.1) is 0 Å². The molecule has 0 aromatic carbocycles. The Kier molecular flexibility index (Phi) is 16.2. The number of hydrogen-bond donors (Lipinski definition) is 1. The van der Waals surface area contributed by atoms with Crippen molar-refractivity contribution in [3.63, 3.8) is 0 Å². The number of phosphoric ester groups is 1. The lowest BCUT2D eigenvalue weighted by molar-refractivity contribution is -0.0245. The second-order valence-electron chi connectivity index (χ2n) is 11.2. The number of nitrogens with two attached hydrogens (primary N) is 1. The van der Waals surface area contributed by atoms with Gasteiger partial charge in [-0.25, -0.2) is 19.5 Å². The van der Waals surface area contributed by atoms with E-state index in [1.54, 1.807) is 6.33 Å². The standard InChI is InChI=1S/C30H54N5O5P/c1-3-5-7-9-11-13-15-17-21-37-41(36,38-22-18-16-14-12-10-8-6-4-2)39-23-26-19-20-27(40-26)35-25-34-28-29(31)32-24-33-30(28)35/h24-27H,3-23H2,1-2H3,(H2,31,32,33)/t26-,27+/m0/s1. The summed E-state index contributed by atoms with van der Waals surface area (Å²) < 4.78 is 39.0. The second-order valence-corrected chi connectivity index (χ2v) is 12.9. The zero-order valence-electron chi connectivity index (χ0n) is 25.5. The third kappa shape index (κ3) is 12.3. The van der Waals surface area contributed by atoms with Crippen LogP contribution in [0.2, 0.25) is 0 Å². The summed E-state index contributed by atoms with van der Waals surface area (Å²) in [5, 5.41) is 0. The van der Waals surface area contributed by atoms with Crippen molar-refractivity contribution in [1.82, 2.24) is 19.5 Å². The van der Waals surface area contributed by atoms with Crippen molar-refractivity contribution in [1.29, 1.82) is 0 Å². The van der Waals surface area contributed by atoms with Gasteiger partial charge in [0.25, 0.3) is 0 Å². The molecule has 1 fully saturated rings. The molecule has 0 radical (unpaired) electrons. The predicted octanol–water partition coefficient (Wildman–Crippen LogP) is 8.53. The van der Waals surface area contributed by atoms with Gasteiger partial charge >= 0.3 is 7.82 Å². The number of ether oxygens (including phenoxy) is 1. The molecule has 1 aliphatic heterocycles. The lowest BCUT2D eigenvalue weighted by Crippen LogP contribution is -2.17. The van der Waals surface area contributed by atoms with E-state index >= 15 is 0 Å². The van der Waals surface area contributed by atoms with Crippen molar-refractivity contribution in [3.8, 4) is 0 Å². The van der Waals surface area contributed by atoms with Crippen LogP contribution in [0.15, 0.2) is 12.7 Å². The third-order valence-electron chi connectivity index (χ3n) is 7.70. The Morgan fingerprint density at radius 2 is 1.37 bits per heavy atom. The van der Waals surface area contributed by atoms with Gasteiger partial charge in [0.1, 0.15) is 18.1 Å². The number of anilines is 1. The number of imidazole rings is 1. The highest BCUT2D eigenvalue weighted by molar-refractivity contribution is 7.48. The van der Waals surface area contributed by atoms with Gasteiger partial charge in [0, 0.05) is 0 Å². The first kappa shape index (κ1) is 33.9. The Balaban J connectivity index is 1.42. The Morgan fingerprint density at radius 1 is 0.805 bits per heavy atom. The number of hydrogen-bond acceptors (Lipinski definition) is 9. The summed E-state index contributed by atoms with van der Waals surface area (Å²) in [6, 6.07) is 0. The maximum absolute atomic E-state index is 13.5. The number of nitrogen functional groups attached to an aromatic ring is 1. The lowest BCUT2D eigenvalue weighted by Gasteiger charge is -2.20. The van der Waals surface area contributed by atoms with Crippen molar-refractivity contribution >= 4 is 24.8 Å². The maximum Gasteiger partial charge on any atom is 0.474 e. The average Bonchev–Trinajstić information content (AvgIpc) is 3.62. The van der Waals surface area contributed by atoms with Crippen molar-refractivity contribution in [2.75, 3.05) is 25.6 Å². The molecule has 3 rings (SSSR count). The summed E-state index contributed by atoms with van der Waals surface area (Å²) in [4.78, 5) is 12.7. The minimum absolute atomic E-state index is 0.145. The number of nitrogens with zero attached hydrogens (tertiary/aromatic N) is 4. The normalized spacial score (nSPS) is 17.6. The highest BCUT2D eigenvalue weighted by atomic mass is 31.2. The minimum Gasteiger partial charge on any atom is -0.382 e. The van der Waals surface area contributed by atoms with Crippen molar-refractivity contribution in [2.45, 2.75) is 142 Å². The summed E-state index contributed by atoms with van der Waals surface area (Å²) >= 11 is 0. The van der Waals surface area contributed by atoms with E-state index < -0.39 is 7.82 Å². The minimum atomic E-state index is -3.67. The molecule has 2 N–H and O–H groups in total. The molecule has 234 valence electrons. The van der Waals surface area contributed by atoms with Crippen LogP contribution in [0.4, 0.5) is 5.82 Å². The van der Waals surface area contributed by atoms with Crippen LogP contribution < -0.4 is 5.73 Å². The molecular formula is C30H54N5O5P. The summed E-state index contributed by atoms with van der Waals surface area (Å²) in [5.41, 5.74) is 7.12. The number of unbranched alkanes of at least 4 members (excludes halogenated alkanes) is 14. The Labute approximate surface area is 247 Å². The fraction of sp³-hybridized carbons (Fsp3) is 0.833. The number of rotatable bonds is 24. The van der Waals surface area contributed by atoms with Crippen molar-refractivity contribution in [2.24, 2.45) is 0 Å². The molecule has 1 aliphatic rings. The first-order valence-electron chi connectivity index (χ1n) is 16.2. The molecule has 2 atom stereocenters. The van der Waals surface area contributed by atoms with Crippen LogP contribution in [0.1, 0.15) is 136 Å². The molecule has 0 bridgehead atoms. The lowest BCUT2D eigenvalue weighted by atomic mass is 10.1. The predicted molar refractivity (Wildman–Crippen MR) is 164 cm³/mol. The van der Waals surface area contributed by atoms with Crippen LogP contribution >= 0.6 is 7.82 Å². The van der Waals surface area contributed by atoms with Crippen LogP contribution in [-0.4, -0.2) is 45.4 Å². The Morgan fingerprint density at radius 3 is 1.95 bits per heavy atom. The van der Waals surface area contributed by atoms with Crippen LogP contribution in [0.3, 0.4) is 0 Å². The molecular weight excluding hydrogens is 541 g/mol. The highest BCUT2D eigenvalue weighted by Crippen LogP contribution is 2.50. The van der Waals surface area contributed by atoms with Gasteiger partial charge in [-0.2, -0.15) is 0 Å². The molecule has 3 heterocycles. The quantitative estimate of drug-likeness (QED) is 0.0939. The topological polar surface area (TPSA) is 124 Å². The van der Waals surface area contributed by atoms with Crippen LogP contribution in [0.25, 0.3) is 11.2 Å². The zero-order chi connectivity index (χ0) is 29.2. The number of phosphoric acid groups is 1. The Bertz CT molecular complexity index is 996. The second kappa shape index (κ2) is 19.6. The molecule has 0 saturated carbocycles. The summed E-state index contributed by atoms with van der Waals surface area (Å²) in [6.45, 7) is 5.37. The molecule has 0 amide bonds. The third-order valence-corrected chi connectivity index (χ3v) is 9.16. The zero-order valence-corrected chi connectivity index (χ0v) is 26.4. The van der Waals surface area contributed by atoms with Crippen LogP contribution in [0.5, 0.6) is 0 Å². The van der Waals surface area contributed by atoms with Gasteiger partial charge in [0.15, 0.2) is 11.5 Å². The largest absolute Gasteiger partial charge is 0.474 e. The molecule has 41 heavy (non-hydrogen) atoms. The van der Waals surface area contributed by atoms with Crippen molar-refractivity contribution in [3.05, 3.63) is 12.7 Å². The summed E-state index contributed by atoms with van der Waals surface area (Å²) in [6.07, 6.45) is 23.1. The van der Waals surface area contributed by atoms with Gasteiger partial charge in [0.2, 0.25) is 0 Å². The summed E-state index contributed by atoms with van der Waals surface area (Å²) in [5.74, 6) is 0.342. The number of fused-ring (bicyclic) bond motifs is 1. The average molecular weight is 596 g/mol. The van der Waals surface area contributed by atoms with Crippen LogP contribution in [-0.2, 0) is 22.9 Å². The van der Waals surface area contributed by atoms with Crippen molar-refractivity contribution < 1.29 is 22.9 Å². The SMILES string of the molecule is CCCCCCCCCCOP(=O)(OCCCCCCCCCC)OC[C@@H]1CC[C@H](n2cnc3c(N)ncnc32)O1. The highest BCUT2D eigenvalue weighted by Gasteiger charge is 2.33. The molecule has 2 aromatic rings. The molecule has 0 spiro atoms. The van der Waals surface area contributed by atoms with E-state index in [4.69, 9.17) is 24.0 Å². The van der Waals surface area contributed by atoms with Gasteiger partial charge in [-0.1, -0.05) is 104 Å². The maximum atomic E-state index is 13.5. The number of aromatic nitrogens is 4. The summed E-state index contributed by atoms with van der Waals surface area (Å²) in [7, 11) is -3.67. The van der Waals surface area contributed by atoms with E-state index in [0.29, 0.717) is 30.2 Å². The molecule has 1 saturated heterocycles. The molecule has 11 heteroatoms. The molecule has 10 nitrogen and oxygen atoms in total. The van der Waals surface area contributed by atoms with E-state index in [9.17, 15) is 4.57 Å². The van der Waals surface area contributed by atoms with Gasteiger partial charge in [-0.05, 0) is 25.7 Å². The smallest absolute Gasteiger partial charge is 0.382 e. The fourth-order valence-electron chi connectivity index (χ4n) is 5.21. The van der Waals surface area contributed by atoms with E-state index in [2.05, 4.69) is 28.8 Å². The van der Waals surface area contributed by atoms with E-state index in [0.717, 1.165) is 38.5 Å². The molecule has 0 aliphatic carbocycles. The van der Waals surface area contributed by atoms with Gasteiger partial charge in [-0.15, -0.1) is 0 Å². The van der Waals surface area contributed by atoms with E-state index in [1.807, 2.05) is 4.57 Å². The Hall–Kier alpha value is -1.58. The first-order chi connectivity index (χ1) is 20.1. The van der Waals surface area contributed by atoms with E-state index in [-0.39, 0.29) is 18.9 Å².